The molecule has 12 aromatic carbocycles. The van der Waals surface area contributed by atoms with Gasteiger partial charge in [0.05, 0.1) is 83.7 Å². The van der Waals surface area contributed by atoms with Gasteiger partial charge in [0.2, 0.25) is 0 Å². The third kappa shape index (κ3) is 7.07. The summed E-state index contributed by atoms with van der Waals surface area (Å²) in [4.78, 5) is 4.98. The molecular formula is C84H52N8. The lowest BCUT2D eigenvalue weighted by atomic mass is 10.0. The molecule has 92 heavy (non-hydrogen) atoms. The maximum Gasteiger partial charge on any atom is 0.0992 e. The number of fused-ring (bicyclic) bond motifs is 18. The number of hydrogen-bond donors (Lipinski definition) is 0. The van der Waals surface area contributed by atoms with E-state index in [1.54, 1.807) is 0 Å². The minimum absolute atomic E-state index is 0.563. The standard InChI is InChI=1S/C84H52N8/c85-50-52-33-38-65(84(45-52)92-81-41-36-55(89-75-29-13-5-21-61(75)62-22-6-14-30-76(62)89)48-68(81)69-49-56(37-42-82(69)92)90-77-31-15-7-23-63(77)64-24-8-16-32-78(64)90)70-51-86-44-43-83(70)91-79-39-34-53(87-71-25-9-1-17-57(71)58-18-2-10-26-72(58)87)46-66(79)67-47-54(35-40-80(67)91)88-73-27-11-3-19-59(73)60-20-4-12-28-74(60)88/h1-15,17-31,33-49,51H,16,32H2. The molecule has 428 valence electrons. The zero-order chi connectivity index (χ0) is 60.3. The number of aromatic nitrogens is 7. The molecule has 19 aromatic rings. The highest BCUT2D eigenvalue weighted by atomic mass is 15.0. The van der Waals surface area contributed by atoms with Crippen LogP contribution in [0.15, 0.2) is 285 Å². The first-order chi connectivity index (χ1) is 45.6. The maximum atomic E-state index is 11.0. The number of benzene rings is 12. The summed E-state index contributed by atoms with van der Waals surface area (Å²) < 4.78 is 14.6. The van der Waals surface area contributed by atoms with Crippen molar-refractivity contribution < 1.29 is 0 Å². The van der Waals surface area contributed by atoms with E-state index < -0.39 is 0 Å². The van der Waals surface area contributed by atoms with E-state index in [-0.39, 0.29) is 0 Å². The predicted molar refractivity (Wildman–Crippen MR) is 380 cm³/mol. The quantitative estimate of drug-likeness (QED) is 0.160. The molecule has 0 atom stereocenters. The van der Waals surface area contributed by atoms with Crippen molar-refractivity contribution in [2.45, 2.75) is 12.8 Å². The van der Waals surface area contributed by atoms with Gasteiger partial charge in [0, 0.05) is 117 Å². The van der Waals surface area contributed by atoms with E-state index in [0.29, 0.717) is 5.56 Å². The first-order valence-corrected chi connectivity index (χ1v) is 31.5. The molecule has 0 unspecified atom stereocenters. The largest absolute Gasteiger partial charge is 0.313 e. The molecular weight excluding hydrogens is 1120 g/mol. The van der Waals surface area contributed by atoms with Crippen LogP contribution in [0.1, 0.15) is 23.2 Å². The second-order valence-corrected chi connectivity index (χ2v) is 24.5. The van der Waals surface area contributed by atoms with Crippen LogP contribution in [0.2, 0.25) is 0 Å². The van der Waals surface area contributed by atoms with Gasteiger partial charge in [-0.25, -0.2) is 0 Å². The fourth-order valence-electron chi connectivity index (χ4n) is 15.9. The summed E-state index contributed by atoms with van der Waals surface area (Å²) in [5.41, 5.74) is 23.6. The van der Waals surface area contributed by atoms with Crippen molar-refractivity contribution in [2.24, 2.45) is 0 Å². The van der Waals surface area contributed by atoms with E-state index >= 15 is 0 Å². The Bertz CT molecular complexity index is 6150. The third-order valence-corrected chi connectivity index (χ3v) is 19.8. The molecule has 20 rings (SSSR count). The van der Waals surface area contributed by atoms with Gasteiger partial charge in [-0.2, -0.15) is 5.26 Å². The Hall–Kier alpha value is -12.4. The second kappa shape index (κ2) is 19.3. The molecule has 0 saturated heterocycles. The van der Waals surface area contributed by atoms with Gasteiger partial charge in [-0.05, 0) is 146 Å². The van der Waals surface area contributed by atoms with Gasteiger partial charge in [-0.15, -0.1) is 0 Å². The topological polar surface area (TPSA) is 66.3 Å². The molecule has 1 aliphatic rings. The number of nitriles is 1. The van der Waals surface area contributed by atoms with Crippen molar-refractivity contribution in [1.29, 1.82) is 5.26 Å². The van der Waals surface area contributed by atoms with E-state index in [1.807, 2.05) is 18.5 Å². The highest BCUT2D eigenvalue weighted by Gasteiger charge is 2.26. The van der Waals surface area contributed by atoms with Crippen LogP contribution >= 0.6 is 0 Å². The zero-order valence-electron chi connectivity index (χ0n) is 49.7. The number of rotatable bonds is 7. The summed E-state index contributed by atoms with van der Waals surface area (Å²) in [5.74, 6) is 0. The lowest BCUT2D eigenvalue weighted by molar-refractivity contribution is 0.889. The van der Waals surface area contributed by atoms with Crippen molar-refractivity contribution >= 4 is 126 Å². The van der Waals surface area contributed by atoms with Gasteiger partial charge < -0.3 is 27.4 Å². The van der Waals surface area contributed by atoms with Crippen molar-refractivity contribution in [3.8, 4) is 51.3 Å². The minimum Gasteiger partial charge on any atom is -0.313 e. The van der Waals surface area contributed by atoms with Crippen LogP contribution in [0.4, 0.5) is 0 Å². The molecule has 1 aliphatic carbocycles. The molecule has 0 bridgehead atoms. The summed E-state index contributed by atoms with van der Waals surface area (Å²) in [6.45, 7) is 0. The van der Waals surface area contributed by atoms with Gasteiger partial charge in [-0.3, -0.25) is 4.98 Å². The fourth-order valence-corrected chi connectivity index (χ4v) is 15.9. The third-order valence-electron chi connectivity index (χ3n) is 19.8. The second-order valence-electron chi connectivity index (χ2n) is 24.5. The number of para-hydroxylation sites is 7. The Labute approximate surface area is 527 Å². The first-order valence-electron chi connectivity index (χ1n) is 31.5. The Kier molecular flexibility index (Phi) is 10.6. The minimum atomic E-state index is 0.563. The van der Waals surface area contributed by atoms with Gasteiger partial charge in [0.25, 0.3) is 0 Å². The van der Waals surface area contributed by atoms with Crippen molar-refractivity contribution in [3.63, 3.8) is 0 Å². The maximum absolute atomic E-state index is 11.0. The molecule has 8 nitrogen and oxygen atoms in total. The molecule has 0 amide bonds. The van der Waals surface area contributed by atoms with Gasteiger partial charge in [-0.1, -0.05) is 146 Å². The Morgan fingerprint density at radius 1 is 0.304 bits per heavy atom. The van der Waals surface area contributed by atoms with Crippen molar-refractivity contribution in [2.75, 3.05) is 0 Å². The molecule has 0 N–H and O–H groups in total. The van der Waals surface area contributed by atoms with Crippen molar-refractivity contribution in [3.05, 3.63) is 302 Å². The van der Waals surface area contributed by atoms with Gasteiger partial charge >= 0.3 is 0 Å². The van der Waals surface area contributed by atoms with E-state index in [9.17, 15) is 5.26 Å². The molecule has 7 aromatic heterocycles. The lowest BCUT2D eigenvalue weighted by Gasteiger charge is -2.19. The number of allylic oxidation sites excluding steroid dienone is 1. The monoisotopic (exact) mass is 1170 g/mol. The fraction of sp³-hybridized carbons (Fsp3) is 0.0238. The van der Waals surface area contributed by atoms with Gasteiger partial charge in [0.15, 0.2) is 0 Å². The van der Waals surface area contributed by atoms with Crippen LogP contribution in [0, 0.1) is 11.3 Å². The smallest absolute Gasteiger partial charge is 0.0992 e. The van der Waals surface area contributed by atoms with E-state index in [0.717, 1.165) is 135 Å². The number of hydrogen-bond acceptors (Lipinski definition) is 2. The van der Waals surface area contributed by atoms with Crippen molar-refractivity contribution in [1.82, 2.24) is 32.4 Å². The molecule has 0 saturated carbocycles. The van der Waals surface area contributed by atoms with Crippen LogP contribution in [-0.4, -0.2) is 32.4 Å². The van der Waals surface area contributed by atoms with Crippen LogP contribution in [0.25, 0.3) is 171 Å². The SMILES string of the molecule is N#Cc1ccc(-c2cnccc2-n2c3ccc(-n4c5ccccc5c5ccccc54)cc3c3cc(-n4c5ccccc5c5ccccc54)ccc32)c(-n2c3ccc(-n4c5c(c6ccccc64)C=CCC5)cc3c3cc(-n4c5ccccc5c5ccccc54)ccc32)c1. The first kappa shape index (κ1) is 50.5. The molecule has 7 heterocycles. The highest BCUT2D eigenvalue weighted by Crippen LogP contribution is 2.46. The summed E-state index contributed by atoms with van der Waals surface area (Å²) in [5, 5.41) is 24.0. The average molecular weight is 1170 g/mol. The van der Waals surface area contributed by atoms with E-state index in [1.165, 1.54) is 54.5 Å². The Balaban J connectivity index is 0.844. The summed E-state index contributed by atoms with van der Waals surface area (Å²) in [6, 6.07) is 100.0. The van der Waals surface area contributed by atoms with E-state index in [2.05, 4.69) is 306 Å². The summed E-state index contributed by atoms with van der Waals surface area (Å²) in [7, 11) is 0. The Morgan fingerprint density at radius 2 is 0.663 bits per heavy atom. The average Bonchev–Trinajstić information content (AvgIpc) is 1.57. The molecule has 0 radical (unpaired) electrons. The number of nitrogens with zero attached hydrogens (tertiary/aromatic N) is 8. The zero-order valence-corrected chi connectivity index (χ0v) is 49.7. The molecule has 0 aliphatic heterocycles. The van der Waals surface area contributed by atoms with Crippen LogP contribution in [0.3, 0.4) is 0 Å². The summed E-state index contributed by atoms with van der Waals surface area (Å²) >= 11 is 0. The Morgan fingerprint density at radius 3 is 1.08 bits per heavy atom. The van der Waals surface area contributed by atoms with Gasteiger partial charge in [0.1, 0.15) is 0 Å². The molecule has 8 heteroatoms. The predicted octanol–water partition coefficient (Wildman–Crippen LogP) is 21.0. The lowest BCUT2D eigenvalue weighted by Crippen LogP contribution is -2.04. The molecule has 0 fully saturated rings. The van der Waals surface area contributed by atoms with E-state index in [4.69, 9.17) is 4.98 Å². The highest BCUT2D eigenvalue weighted by molar-refractivity contribution is 6.16. The van der Waals surface area contributed by atoms with Crippen LogP contribution in [0.5, 0.6) is 0 Å². The molecule has 0 spiro atoms. The van der Waals surface area contributed by atoms with Crippen LogP contribution in [-0.2, 0) is 6.42 Å². The summed E-state index contributed by atoms with van der Waals surface area (Å²) in [6.07, 6.45) is 10.5. The normalized spacial score (nSPS) is 12.6. The number of pyridine rings is 1. The van der Waals surface area contributed by atoms with Crippen LogP contribution < -0.4 is 0 Å².